The number of carbonyl (C=O) groups is 1. The van der Waals surface area contributed by atoms with Crippen LogP contribution in [0.2, 0.25) is 0 Å². The van der Waals surface area contributed by atoms with E-state index in [-0.39, 0.29) is 6.10 Å². The highest BCUT2D eigenvalue weighted by atomic mass is 16.5. The van der Waals surface area contributed by atoms with Crippen molar-refractivity contribution in [3.63, 3.8) is 0 Å². The molecule has 3 rings (SSSR count). The molecule has 132 valence electrons. The van der Waals surface area contributed by atoms with Gasteiger partial charge in [0.05, 0.1) is 19.3 Å². The van der Waals surface area contributed by atoms with Crippen molar-refractivity contribution in [3.05, 3.63) is 35.4 Å². The van der Waals surface area contributed by atoms with Gasteiger partial charge in [-0.3, -0.25) is 0 Å². The van der Waals surface area contributed by atoms with Crippen molar-refractivity contribution in [1.82, 2.24) is 0 Å². The molecule has 1 aromatic rings. The molecule has 1 unspecified atom stereocenters. The van der Waals surface area contributed by atoms with Crippen LogP contribution in [0.5, 0.6) is 11.5 Å². The van der Waals surface area contributed by atoms with Crippen molar-refractivity contribution in [3.8, 4) is 17.6 Å². The van der Waals surface area contributed by atoms with Crippen molar-refractivity contribution in [2.24, 2.45) is 0 Å². The topological polar surface area (TPSA) is 79.5 Å². The Bertz CT molecular complexity index is 728. The molecule has 0 amide bonds. The predicted molar refractivity (Wildman–Crippen MR) is 92.7 cm³/mol. The number of nitrogens with zero attached hydrogens (tertiary/aromatic N) is 1. The molecular formula is C20H23NO4. The van der Waals surface area contributed by atoms with E-state index in [9.17, 15) is 15.2 Å². The molecular weight excluding hydrogens is 318 g/mol. The number of benzene rings is 1. The first-order chi connectivity index (χ1) is 12.1. The third kappa shape index (κ3) is 3.48. The molecule has 0 aromatic heterocycles. The van der Waals surface area contributed by atoms with Crippen LogP contribution in [0.25, 0.3) is 0 Å². The third-order valence-electron chi connectivity index (χ3n) is 5.19. The van der Waals surface area contributed by atoms with Gasteiger partial charge in [-0.2, -0.15) is 5.26 Å². The van der Waals surface area contributed by atoms with Crippen molar-refractivity contribution in [2.75, 3.05) is 7.11 Å². The summed E-state index contributed by atoms with van der Waals surface area (Å²) in [7, 11) is 1.60. The van der Waals surface area contributed by atoms with Gasteiger partial charge in [-0.1, -0.05) is 6.07 Å². The van der Waals surface area contributed by atoms with E-state index in [0.717, 1.165) is 18.4 Å². The Morgan fingerprint density at radius 2 is 2.04 bits per heavy atom. The first-order valence-electron chi connectivity index (χ1n) is 8.79. The zero-order chi connectivity index (χ0) is 17.9. The summed E-state index contributed by atoms with van der Waals surface area (Å²) >= 11 is 0. The SMILES string of the molecule is COc1ccc(C2(C#N)C=C(C(=O)O)CCC2)cc1OC1CCCC1. The minimum Gasteiger partial charge on any atom is -0.493 e. The Morgan fingerprint density at radius 1 is 1.28 bits per heavy atom. The van der Waals surface area contributed by atoms with Gasteiger partial charge in [0, 0.05) is 5.57 Å². The molecule has 1 N–H and O–H groups in total. The van der Waals surface area contributed by atoms with Crippen LogP contribution in [0, 0.1) is 11.3 Å². The molecule has 0 heterocycles. The second-order valence-corrected chi connectivity index (χ2v) is 6.80. The average Bonchev–Trinajstić information content (AvgIpc) is 3.14. The highest BCUT2D eigenvalue weighted by Crippen LogP contribution is 2.41. The summed E-state index contributed by atoms with van der Waals surface area (Å²) in [6.07, 6.45) is 7.96. The lowest BCUT2D eigenvalue weighted by Crippen LogP contribution is -2.27. The maximum atomic E-state index is 11.4. The van der Waals surface area contributed by atoms with E-state index in [1.54, 1.807) is 13.2 Å². The zero-order valence-electron chi connectivity index (χ0n) is 14.5. The summed E-state index contributed by atoms with van der Waals surface area (Å²) in [4.78, 5) is 11.4. The Hall–Kier alpha value is -2.48. The van der Waals surface area contributed by atoms with Gasteiger partial charge in [-0.05, 0) is 68.7 Å². The van der Waals surface area contributed by atoms with Crippen molar-refractivity contribution in [1.29, 1.82) is 5.26 Å². The number of rotatable bonds is 5. The zero-order valence-corrected chi connectivity index (χ0v) is 14.5. The van der Waals surface area contributed by atoms with Crippen LogP contribution >= 0.6 is 0 Å². The van der Waals surface area contributed by atoms with E-state index in [1.807, 2.05) is 18.2 Å². The first-order valence-corrected chi connectivity index (χ1v) is 8.79. The summed E-state index contributed by atoms with van der Waals surface area (Å²) < 4.78 is 11.5. The van der Waals surface area contributed by atoms with Gasteiger partial charge in [-0.25, -0.2) is 4.79 Å². The van der Waals surface area contributed by atoms with Gasteiger partial charge in [0.25, 0.3) is 0 Å². The average molecular weight is 341 g/mol. The highest BCUT2D eigenvalue weighted by Gasteiger charge is 2.35. The van der Waals surface area contributed by atoms with Gasteiger partial charge in [0.1, 0.15) is 5.41 Å². The summed E-state index contributed by atoms with van der Waals surface area (Å²) in [5.41, 5.74) is 0.149. The number of nitriles is 1. The minimum atomic E-state index is -0.949. The van der Waals surface area contributed by atoms with Gasteiger partial charge < -0.3 is 14.6 Å². The number of hydrogen-bond donors (Lipinski definition) is 1. The van der Waals surface area contributed by atoms with E-state index >= 15 is 0 Å². The number of aliphatic carboxylic acids is 1. The van der Waals surface area contributed by atoms with Crippen LogP contribution in [0.3, 0.4) is 0 Å². The normalized spacial score (nSPS) is 23.6. The van der Waals surface area contributed by atoms with Crippen LogP contribution < -0.4 is 9.47 Å². The quantitative estimate of drug-likeness (QED) is 0.876. The van der Waals surface area contributed by atoms with E-state index in [0.29, 0.717) is 36.3 Å². The fourth-order valence-corrected chi connectivity index (χ4v) is 3.78. The molecule has 0 radical (unpaired) electrons. The van der Waals surface area contributed by atoms with Crippen LogP contribution in [-0.4, -0.2) is 24.3 Å². The molecule has 0 saturated heterocycles. The van der Waals surface area contributed by atoms with Crippen molar-refractivity contribution < 1.29 is 19.4 Å². The van der Waals surface area contributed by atoms with Gasteiger partial charge in [0.2, 0.25) is 0 Å². The first kappa shape index (κ1) is 17.3. The van der Waals surface area contributed by atoms with E-state index in [1.165, 1.54) is 12.8 Å². The van der Waals surface area contributed by atoms with Crippen molar-refractivity contribution in [2.45, 2.75) is 56.5 Å². The van der Waals surface area contributed by atoms with Gasteiger partial charge in [0.15, 0.2) is 11.5 Å². The monoisotopic (exact) mass is 341 g/mol. The lowest BCUT2D eigenvalue weighted by molar-refractivity contribution is -0.132. The van der Waals surface area contributed by atoms with Crippen LogP contribution in [-0.2, 0) is 10.2 Å². The Kier molecular flexibility index (Phi) is 4.98. The molecule has 1 fully saturated rings. The Labute approximate surface area is 147 Å². The molecule has 0 spiro atoms. The smallest absolute Gasteiger partial charge is 0.331 e. The second kappa shape index (κ2) is 7.18. The van der Waals surface area contributed by atoms with Crippen LogP contribution in [0.4, 0.5) is 0 Å². The lowest BCUT2D eigenvalue weighted by atomic mass is 9.72. The van der Waals surface area contributed by atoms with E-state index in [4.69, 9.17) is 9.47 Å². The molecule has 2 aliphatic carbocycles. The van der Waals surface area contributed by atoms with E-state index < -0.39 is 11.4 Å². The molecule has 5 heteroatoms. The molecule has 0 bridgehead atoms. The van der Waals surface area contributed by atoms with Crippen molar-refractivity contribution >= 4 is 5.97 Å². The third-order valence-corrected chi connectivity index (χ3v) is 5.19. The molecule has 25 heavy (non-hydrogen) atoms. The molecule has 1 aromatic carbocycles. The standard InChI is InChI=1S/C20H23NO4/c1-24-17-9-8-15(11-18(17)25-16-6-2-3-7-16)20(13-21)10-4-5-14(12-20)19(22)23/h8-9,11-12,16H,2-7,10H2,1H3,(H,22,23). The van der Waals surface area contributed by atoms with E-state index in [2.05, 4.69) is 6.07 Å². The molecule has 0 aliphatic heterocycles. The second-order valence-electron chi connectivity index (χ2n) is 6.80. The Morgan fingerprint density at radius 3 is 2.68 bits per heavy atom. The number of allylic oxidation sites excluding steroid dienone is 1. The number of methoxy groups -OCH3 is 1. The maximum absolute atomic E-state index is 11.4. The van der Waals surface area contributed by atoms with Gasteiger partial charge in [-0.15, -0.1) is 0 Å². The lowest BCUT2D eigenvalue weighted by Gasteiger charge is -2.29. The number of ether oxygens (including phenoxy) is 2. The fourth-order valence-electron chi connectivity index (χ4n) is 3.78. The summed E-state index contributed by atoms with van der Waals surface area (Å²) in [6.45, 7) is 0. The molecule has 1 atom stereocenters. The van der Waals surface area contributed by atoms with Crippen LogP contribution in [0.15, 0.2) is 29.8 Å². The predicted octanol–water partition coefficient (Wildman–Crippen LogP) is 3.97. The summed E-state index contributed by atoms with van der Waals surface area (Å²) in [5, 5.41) is 19.2. The largest absolute Gasteiger partial charge is 0.493 e. The number of carboxylic acids is 1. The summed E-state index contributed by atoms with van der Waals surface area (Å²) in [5.74, 6) is 0.328. The molecule has 2 aliphatic rings. The van der Waals surface area contributed by atoms with Gasteiger partial charge >= 0.3 is 5.97 Å². The summed E-state index contributed by atoms with van der Waals surface area (Å²) in [6, 6.07) is 7.83. The van der Waals surface area contributed by atoms with Crippen LogP contribution in [0.1, 0.15) is 50.5 Å². The highest BCUT2D eigenvalue weighted by molar-refractivity contribution is 5.87. The molecule has 1 saturated carbocycles. The Balaban J connectivity index is 1.99. The maximum Gasteiger partial charge on any atom is 0.331 e. The number of hydrogen-bond acceptors (Lipinski definition) is 4. The molecule has 5 nitrogen and oxygen atoms in total. The minimum absolute atomic E-state index is 0.179. The fraction of sp³-hybridized carbons (Fsp3) is 0.500. The number of carboxylic acid groups (broad SMARTS) is 1.